The van der Waals surface area contributed by atoms with Crippen molar-refractivity contribution in [1.29, 1.82) is 0 Å². The minimum atomic E-state index is -3.48. The van der Waals surface area contributed by atoms with Gasteiger partial charge in [-0.1, -0.05) is 6.58 Å². The fourth-order valence-electron chi connectivity index (χ4n) is 0.835. The van der Waals surface area contributed by atoms with Gasteiger partial charge in [-0.15, -0.1) is 0 Å². The van der Waals surface area contributed by atoms with Crippen LogP contribution >= 0.6 is 0 Å². The van der Waals surface area contributed by atoms with E-state index in [4.69, 9.17) is 0 Å². The summed E-state index contributed by atoms with van der Waals surface area (Å²) in [6.45, 7) is 2.89. The molecule has 0 N–H and O–H groups in total. The fourth-order valence-corrected chi connectivity index (χ4v) is 0.835. The molecule has 0 aliphatic rings. The van der Waals surface area contributed by atoms with Gasteiger partial charge in [0.15, 0.2) is 0 Å². The maximum Gasteiger partial charge on any atom is 0.419 e. The first kappa shape index (κ1) is 11.1. The van der Waals surface area contributed by atoms with Crippen molar-refractivity contribution < 1.29 is 18.4 Å². The molecule has 0 aliphatic heterocycles. The summed E-state index contributed by atoms with van der Waals surface area (Å²) in [6, 6.07) is 4.34. The number of benzene rings is 1. The zero-order chi connectivity index (χ0) is 11.5. The maximum absolute atomic E-state index is 12.6. The molecule has 0 spiro atoms. The van der Waals surface area contributed by atoms with Gasteiger partial charge in [-0.05, 0) is 12.1 Å². The number of hydrogen-bond donors (Lipinski definition) is 0. The summed E-state index contributed by atoms with van der Waals surface area (Å²) in [5, 5.41) is 10.3. The van der Waals surface area contributed by atoms with E-state index >= 15 is 0 Å². The van der Waals surface area contributed by atoms with Crippen LogP contribution in [0.2, 0.25) is 0 Å². The molecule has 1 aromatic carbocycles. The molecule has 6 heteroatoms. The van der Waals surface area contributed by atoms with Gasteiger partial charge in [-0.25, -0.2) is 0 Å². The SMILES string of the molecule is C=CC(F)(F)Oc1ccc([N+](=O)[O-])cc1. The van der Waals surface area contributed by atoms with Crippen LogP contribution in [0.4, 0.5) is 14.5 Å². The monoisotopic (exact) mass is 215 g/mol. The smallest absolute Gasteiger partial charge is 0.419 e. The second-order valence-electron chi connectivity index (χ2n) is 2.62. The predicted octanol–water partition coefficient (Wildman–Crippen LogP) is 2.75. The lowest BCUT2D eigenvalue weighted by Gasteiger charge is -2.12. The van der Waals surface area contributed by atoms with E-state index in [1.165, 1.54) is 0 Å². The van der Waals surface area contributed by atoms with Gasteiger partial charge in [0, 0.05) is 18.2 Å². The Bertz CT molecular complexity index is 375. The van der Waals surface area contributed by atoms with Crippen molar-refractivity contribution in [3.8, 4) is 5.75 Å². The summed E-state index contributed by atoms with van der Waals surface area (Å²) in [7, 11) is 0. The number of rotatable bonds is 4. The first-order valence-electron chi connectivity index (χ1n) is 3.89. The zero-order valence-corrected chi connectivity index (χ0v) is 7.52. The van der Waals surface area contributed by atoms with Gasteiger partial charge >= 0.3 is 6.11 Å². The van der Waals surface area contributed by atoms with E-state index in [2.05, 4.69) is 11.3 Å². The highest BCUT2D eigenvalue weighted by atomic mass is 19.3. The molecule has 0 amide bonds. The average molecular weight is 215 g/mol. The van der Waals surface area contributed by atoms with Crippen LogP contribution < -0.4 is 4.74 Å². The number of non-ortho nitro benzene ring substituents is 1. The normalized spacial score (nSPS) is 10.8. The molecular weight excluding hydrogens is 208 g/mol. The number of halogens is 2. The summed E-state index contributed by atoms with van der Waals surface area (Å²) in [6.07, 6.45) is -3.13. The van der Waals surface area contributed by atoms with Crippen molar-refractivity contribution in [2.75, 3.05) is 0 Å². The molecule has 0 fully saturated rings. The van der Waals surface area contributed by atoms with E-state index in [1.807, 2.05) is 0 Å². The Morgan fingerprint density at radius 2 is 1.93 bits per heavy atom. The molecule has 0 heterocycles. The lowest BCUT2D eigenvalue weighted by atomic mass is 10.3. The van der Waals surface area contributed by atoms with Gasteiger partial charge in [0.1, 0.15) is 5.75 Å². The Morgan fingerprint density at radius 3 is 2.33 bits per heavy atom. The van der Waals surface area contributed by atoms with Gasteiger partial charge in [0.2, 0.25) is 0 Å². The molecule has 0 aliphatic carbocycles. The number of ether oxygens (including phenoxy) is 1. The largest absolute Gasteiger partial charge is 0.429 e. The summed E-state index contributed by atoms with van der Waals surface area (Å²) < 4.78 is 29.5. The third-order valence-corrected chi connectivity index (χ3v) is 1.54. The summed E-state index contributed by atoms with van der Waals surface area (Å²) in [5.41, 5.74) is -0.190. The van der Waals surface area contributed by atoms with Gasteiger partial charge < -0.3 is 4.74 Å². The maximum atomic E-state index is 12.6. The first-order valence-corrected chi connectivity index (χ1v) is 3.89. The van der Waals surface area contributed by atoms with Crippen LogP contribution in [-0.4, -0.2) is 11.0 Å². The van der Waals surface area contributed by atoms with Crippen LogP contribution in [-0.2, 0) is 0 Å². The van der Waals surface area contributed by atoms with Crippen LogP contribution in [0, 0.1) is 10.1 Å². The van der Waals surface area contributed by atoms with E-state index in [9.17, 15) is 18.9 Å². The summed E-state index contributed by atoms with van der Waals surface area (Å²) >= 11 is 0. The molecular formula is C9H7F2NO3. The minimum absolute atomic E-state index is 0.162. The van der Waals surface area contributed by atoms with Crippen molar-refractivity contribution in [2.24, 2.45) is 0 Å². The molecule has 1 aromatic rings. The number of nitro groups is 1. The zero-order valence-electron chi connectivity index (χ0n) is 7.52. The van der Waals surface area contributed by atoms with Gasteiger partial charge in [-0.3, -0.25) is 10.1 Å². The predicted molar refractivity (Wildman–Crippen MR) is 48.9 cm³/mol. The Morgan fingerprint density at radius 1 is 1.40 bits per heavy atom. The van der Waals surface area contributed by atoms with Crippen LogP contribution in [0.25, 0.3) is 0 Å². The van der Waals surface area contributed by atoms with Gasteiger partial charge in [0.05, 0.1) is 4.92 Å². The van der Waals surface area contributed by atoms with Crippen LogP contribution in [0.1, 0.15) is 0 Å². The molecule has 0 saturated carbocycles. The fraction of sp³-hybridized carbons (Fsp3) is 0.111. The standard InChI is InChI=1S/C9H7F2NO3/c1-2-9(10,11)15-8-5-3-7(4-6-8)12(13)14/h2-6H,1H2. The Labute approximate surface area is 83.9 Å². The van der Waals surface area contributed by atoms with Crippen LogP contribution in [0.3, 0.4) is 0 Å². The molecule has 0 atom stereocenters. The second kappa shape index (κ2) is 4.04. The van der Waals surface area contributed by atoms with Gasteiger partial charge in [-0.2, -0.15) is 8.78 Å². The molecule has 0 bridgehead atoms. The Kier molecular flexibility index (Phi) is 2.99. The van der Waals surface area contributed by atoms with Crippen molar-refractivity contribution in [3.05, 3.63) is 47.0 Å². The van der Waals surface area contributed by atoms with Crippen molar-refractivity contribution >= 4 is 5.69 Å². The molecule has 15 heavy (non-hydrogen) atoms. The van der Waals surface area contributed by atoms with E-state index in [0.717, 1.165) is 24.3 Å². The van der Waals surface area contributed by atoms with Crippen molar-refractivity contribution in [3.63, 3.8) is 0 Å². The van der Waals surface area contributed by atoms with E-state index in [0.29, 0.717) is 6.08 Å². The van der Waals surface area contributed by atoms with Crippen LogP contribution in [0.15, 0.2) is 36.9 Å². The van der Waals surface area contributed by atoms with E-state index < -0.39 is 11.0 Å². The number of hydrogen-bond acceptors (Lipinski definition) is 3. The average Bonchev–Trinajstić information content (AvgIpc) is 2.18. The highest BCUT2D eigenvalue weighted by Gasteiger charge is 2.26. The molecule has 0 radical (unpaired) electrons. The lowest BCUT2D eigenvalue weighted by molar-refractivity contribution is -0.384. The number of nitrogens with zero attached hydrogens (tertiary/aromatic N) is 1. The first-order chi connectivity index (χ1) is 6.94. The molecule has 0 aromatic heterocycles. The highest BCUT2D eigenvalue weighted by molar-refractivity contribution is 5.36. The van der Waals surface area contributed by atoms with Gasteiger partial charge in [0.25, 0.3) is 5.69 Å². The third kappa shape index (κ3) is 3.01. The summed E-state index contributed by atoms with van der Waals surface area (Å²) in [4.78, 5) is 9.62. The topological polar surface area (TPSA) is 52.4 Å². The quantitative estimate of drug-likeness (QED) is 0.440. The van der Waals surface area contributed by atoms with Crippen molar-refractivity contribution in [2.45, 2.75) is 6.11 Å². The second-order valence-corrected chi connectivity index (χ2v) is 2.62. The molecule has 0 saturated heterocycles. The summed E-state index contributed by atoms with van der Waals surface area (Å²) in [5.74, 6) is -0.162. The number of alkyl halides is 2. The molecule has 4 nitrogen and oxygen atoms in total. The lowest BCUT2D eigenvalue weighted by Crippen LogP contribution is -2.20. The Balaban J connectivity index is 2.81. The molecule has 0 unspecified atom stereocenters. The minimum Gasteiger partial charge on any atom is -0.429 e. The molecule has 1 rings (SSSR count). The highest BCUT2D eigenvalue weighted by Crippen LogP contribution is 2.24. The van der Waals surface area contributed by atoms with E-state index in [-0.39, 0.29) is 11.4 Å². The third-order valence-electron chi connectivity index (χ3n) is 1.54. The van der Waals surface area contributed by atoms with Crippen molar-refractivity contribution in [1.82, 2.24) is 0 Å². The van der Waals surface area contributed by atoms with Crippen LogP contribution in [0.5, 0.6) is 5.75 Å². The number of nitro benzene ring substituents is 1. The molecule has 80 valence electrons. The van der Waals surface area contributed by atoms with E-state index in [1.54, 1.807) is 0 Å². The Hall–Kier alpha value is -1.98.